The first kappa shape index (κ1) is 17.2. The Hall–Kier alpha value is -3.61. The fraction of sp³-hybridized carbons (Fsp3) is 0.0526. The fourth-order valence-electron chi connectivity index (χ4n) is 2.40. The predicted octanol–water partition coefficient (Wildman–Crippen LogP) is 3.24. The van der Waals surface area contributed by atoms with Crippen molar-refractivity contribution in [2.45, 2.75) is 6.92 Å². The molecule has 0 atom stereocenters. The van der Waals surface area contributed by atoms with Crippen molar-refractivity contribution in [1.29, 1.82) is 0 Å². The highest BCUT2D eigenvalue weighted by molar-refractivity contribution is 6.02. The molecule has 2 aromatic heterocycles. The Labute approximate surface area is 149 Å². The van der Waals surface area contributed by atoms with Gasteiger partial charge >= 0.3 is 0 Å². The third kappa shape index (κ3) is 3.41. The standard InChI is InChI=1S/C19H16FN5O/c1-3-21-11-15(14-7-4-5-8-17(14)20)13(2)24-19(26)16-12-23-25-10-6-9-22-18(16)25/h3-12H,2H2,1H3,(H,24,26)/b15-11+,21-3-. The molecule has 1 N–H and O–H groups in total. The van der Waals surface area contributed by atoms with Crippen LogP contribution >= 0.6 is 0 Å². The number of aromatic nitrogens is 3. The molecule has 1 amide bonds. The van der Waals surface area contributed by atoms with E-state index in [2.05, 4.69) is 27.0 Å². The highest BCUT2D eigenvalue weighted by Crippen LogP contribution is 2.23. The van der Waals surface area contributed by atoms with E-state index in [4.69, 9.17) is 0 Å². The molecule has 1 aromatic carbocycles. The Kier molecular flexibility index (Phi) is 4.98. The van der Waals surface area contributed by atoms with Gasteiger partial charge in [-0.2, -0.15) is 5.10 Å². The number of carbonyl (C=O) groups is 1. The summed E-state index contributed by atoms with van der Waals surface area (Å²) in [5.74, 6) is -0.871. The molecule has 0 aliphatic heterocycles. The zero-order valence-corrected chi connectivity index (χ0v) is 14.1. The Morgan fingerprint density at radius 1 is 1.31 bits per heavy atom. The minimum absolute atomic E-state index is 0.223. The van der Waals surface area contributed by atoms with E-state index in [9.17, 15) is 9.18 Å². The third-order valence-corrected chi connectivity index (χ3v) is 3.63. The number of aliphatic imine (C=N–C) groups is 1. The van der Waals surface area contributed by atoms with Gasteiger partial charge in [0.25, 0.3) is 5.91 Å². The number of allylic oxidation sites excluding steroid dienone is 1. The van der Waals surface area contributed by atoms with Gasteiger partial charge in [-0.25, -0.2) is 13.9 Å². The Morgan fingerprint density at radius 3 is 2.88 bits per heavy atom. The van der Waals surface area contributed by atoms with Gasteiger partial charge in [-0.3, -0.25) is 9.79 Å². The van der Waals surface area contributed by atoms with Crippen LogP contribution < -0.4 is 5.32 Å². The van der Waals surface area contributed by atoms with Crippen molar-refractivity contribution in [1.82, 2.24) is 19.9 Å². The first-order valence-corrected chi connectivity index (χ1v) is 7.83. The van der Waals surface area contributed by atoms with E-state index in [0.29, 0.717) is 22.3 Å². The van der Waals surface area contributed by atoms with E-state index in [1.54, 1.807) is 49.8 Å². The number of nitrogens with zero attached hydrogens (tertiary/aromatic N) is 4. The molecule has 0 fully saturated rings. The van der Waals surface area contributed by atoms with Crippen LogP contribution in [0.25, 0.3) is 11.2 Å². The lowest BCUT2D eigenvalue weighted by molar-refractivity contribution is 0.0969. The van der Waals surface area contributed by atoms with Crippen LogP contribution in [-0.2, 0) is 0 Å². The first-order chi connectivity index (χ1) is 12.6. The molecule has 0 radical (unpaired) electrons. The monoisotopic (exact) mass is 349 g/mol. The number of fused-ring (bicyclic) bond motifs is 1. The van der Waals surface area contributed by atoms with Gasteiger partial charge < -0.3 is 5.32 Å². The quantitative estimate of drug-likeness (QED) is 0.568. The summed E-state index contributed by atoms with van der Waals surface area (Å²) in [6.45, 7) is 5.60. The highest BCUT2D eigenvalue weighted by atomic mass is 19.1. The lowest BCUT2D eigenvalue weighted by atomic mass is 10.0. The predicted molar refractivity (Wildman–Crippen MR) is 98.1 cm³/mol. The first-order valence-electron chi connectivity index (χ1n) is 7.83. The molecule has 0 unspecified atom stereocenters. The zero-order valence-electron chi connectivity index (χ0n) is 14.1. The number of hydrogen-bond donors (Lipinski definition) is 1. The molecule has 130 valence electrons. The van der Waals surface area contributed by atoms with Gasteiger partial charge in [-0.15, -0.1) is 0 Å². The molecule has 2 heterocycles. The largest absolute Gasteiger partial charge is 0.322 e. The average molecular weight is 349 g/mol. The van der Waals surface area contributed by atoms with Crippen LogP contribution in [0.1, 0.15) is 22.8 Å². The summed E-state index contributed by atoms with van der Waals surface area (Å²) in [4.78, 5) is 20.8. The summed E-state index contributed by atoms with van der Waals surface area (Å²) >= 11 is 0. The van der Waals surface area contributed by atoms with Crippen molar-refractivity contribution in [3.05, 3.63) is 84.3 Å². The van der Waals surface area contributed by atoms with E-state index in [0.717, 1.165) is 0 Å². The molecule has 0 saturated heterocycles. The van der Waals surface area contributed by atoms with Gasteiger partial charge in [0, 0.05) is 41.6 Å². The summed E-state index contributed by atoms with van der Waals surface area (Å²) in [5.41, 5.74) is 1.60. The van der Waals surface area contributed by atoms with Gasteiger partial charge in [0.15, 0.2) is 5.65 Å². The molecule has 0 aliphatic rings. The number of nitrogens with one attached hydrogen (secondary N) is 1. The maximum Gasteiger partial charge on any atom is 0.261 e. The normalized spacial score (nSPS) is 11.8. The summed E-state index contributed by atoms with van der Waals surface area (Å²) in [6.07, 6.45) is 7.69. The topological polar surface area (TPSA) is 71.7 Å². The van der Waals surface area contributed by atoms with Gasteiger partial charge in [0.2, 0.25) is 0 Å². The fourth-order valence-corrected chi connectivity index (χ4v) is 2.40. The zero-order chi connectivity index (χ0) is 18.5. The molecule has 3 aromatic rings. The van der Waals surface area contributed by atoms with E-state index in [1.807, 2.05) is 0 Å². The van der Waals surface area contributed by atoms with Gasteiger partial charge in [0.05, 0.1) is 6.20 Å². The molecular formula is C19H16FN5O. The molecule has 0 saturated carbocycles. The number of benzene rings is 1. The summed E-state index contributed by atoms with van der Waals surface area (Å²) in [5, 5.41) is 6.75. The lowest BCUT2D eigenvalue weighted by Gasteiger charge is -2.12. The second-order valence-corrected chi connectivity index (χ2v) is 5.31. The molecule has 26 heavy (non-hydrogen) atoms. The Morgan fingerprint density at radius 2 is 2.12 bits per heavy atom. The SMILES string of the molecule is C=C(NC(=O)c1cnn2cccnc12)/C(=C\N=C/C)c1ccccc1F. The Balaban J connectivity index is 1.91. The summed E-state index contributed by atoms with van der Waals surface area (Å²) < 4.78 is 15.7. The van der Waals surface area contributed by atoms with E-state index in [1.165, 1.54) is 23.0 Å². The summed E-state index contributed by atoms with van der Waals surface area (Å²) in [6, 6.07) is 7.93. The van der Waals surface area contributed by atoms with Gasteiger partial charge in [0.1, 0.15) is 11.4 Å². The minimum atomic E-state index is -0.439. The molecule has 0 bridgehead atoms. The van der Waals surface area contributed by atoms with Gasteiger partial charge in [-0.05, 0) is 19.1 Å². The van der Waals surface area contributed by atoms with Crippen molar-refractivity contribution in [2.24, 2.45) is 4.99 Å². The van der Waals surface area contributed by atoms with Crippen LogP contribution in [0.2, 0.25) is 0 Å². The Bertz CT molecular complexity index is 1040. The second kappa shape index (κ2) is 7.52. The van der Waals surface area contributed by atoms with Crippen LogP contribution in [0.3, 0.4) is 0 Å². The van der Waals surface area contributed by atoms with Crippen molar-refractivity contribution in [3.63, 3.8) is 0 Å². The van der Waals surface area contributed by atoms with E-state index >= 15 is 0 Å². The minimum Gasteiger partial charge on any atom is -0.322 e. The lowest BCUT2D eigenvalue weighted by Crippen LogP contribution is -2.23. The third-order valence-electron chi connectivity index (χ3n) is 3.63. The van der Waals surface area contributed by atoms with Crippen LogP contribution in [0.4, 0.5) is 4.39 Å². The average Bonchev–Trinajstić information content (AvgIpc) is 3.07. The maximum atomic E-state index is 14.2. The number of rotatable bonds is 5. The smallest absolute Gasteiger partial charge is 0.261 e. The van der Waals surface area contributed by atoms with Crippen LogP contribution in [0.5, 0.6) is 0 Å². The second-order valence-electron chi connectivity index (χ2n) is 5.31. The van der Waals surface area contributed by atoms with E-state index < -0.39 is 11.7 Å². The summed E-state index contributed by atoms with van der Waals surface area (Å²) in [7, 11) is 0. The van der Waals surface area contributed by atoms with Crippen LogP contribution in [0, 0.1) is 5.82 Å². The molecule has 0 spiro atoms. The van der Waals surface area contributed by atoms with Crippen molar-refractivity contribution < 1.29 is 9.18 Å². The van der Waals surface area contributed by atoms with Crippen molar-refractivity contribution in [2.75, 3.05) is 0 Å². The van der Waals surface area contributed by atoms with Crippen molar-refractivity contribution >= 4 is 23.3 Å². The maximum absolute atomic E-state index is 14.2. The molecule has 7 heteroatoms. The number of halogens is 1. The highest BCUT2D eigenvalue weighted by Gasteiger charge is 2.17. The van der Waals surface area contributed by atoms with Crippen LogP contribution in [-0.4, -0.2) is 26.7 Å². The molecule has 0 aliphatic carbocycles. The molecule has 6 nitrogen and oxygen atoms in total. The van der Waals surface area contributed by atoms with E-state index in [-0.39, 0.29) is 5.70 Å². The molecule has 3 rings (SSSR count). The molecular weight excluding hydrogens is 333 g/mol. The number of carbonyl (C=O) groups excluding carboxylic acids is 1. The number of amides is 1. The van der Waals surface area contributed by atoms with Crippen LogP contribution in [0.15, 0.2) is 72.4 Å². The van der Waals surface area contributed by atoms with Crippen molar-refractivity contribution in [3.8, 4) is 0 Å². The number of hydrogen-bond acceptors (Lipinski definition) is 4. The van der Waals surface area contributed by atoms with Gasteiger partial charge in [-0.1, -0.05) is 24.8 Å².